The average Bonchev–Trinajstić information content (AvgIpc) is 2.82. The second kappa shape index (κ2) is 10.7. The van der Waals surface area contributed by atoms with Gasteiger partial charge in [0.25, 0.3) is 0 Å². The molecule has 0 saturated heterocycles. The SMILES string of the molecule is CNC(=O)C(C)N(Cc1ccc(Cl)cc1Cl)C(=O)CN(C)S(=O)(=O)c1ccc2ccccc2c1. The van der Waals surface area contributed by atoms with Crippen molar-refractivity contribution in [2.24, 2.45) is 0 Å². The summed E-state index contributed by atoms with van der Waals surface area (Å²) in [5.74, 6) is -0.938. The smallest absolute Gasteiger partial charge is 0.243 e. The second-order valence-electron chi connectivity index (χ2n) is 7.82. The first-order valence-corrected chi connectivity index (χ1v) is 12.6. The van der Waals surface area contributed by atoms with Crippen molar-refractivity contribution in [1.29, 1.82) is 0 Å². The molecule has 0 radical (unpaired) electrons. The van der Waals surface area contributed by atoms with E-state index in [-0.39, 0.29) is 11.4 Å². The number of amides is 2. The summed E-state index contributed by atoms with van der Waals surface area (Å²) in [6.07, 6.45) is 0. The maximum absolute atomic E-state index is 13.3. The number of carbonyl (C=O) groups is 2. The van der Waals surface area contributed by atoms with Gasteiger partial charge in [-0.3, -0.25) is 9.59 Å². The van der Waals surface area contributed by atoms with Crippen molar-refractivity contribution in [2.45, 2.75) is 24.4 Å². The predicted molar refractivity (Wildman–Crippen MR) is 134 cm³/mol. The molecule has 7 nitrogen and oxygen atoms in total. The summed E-state index contributed by atoms with van der Waals surface area (Å²) in [7, 11) is -1.16. The van der Waals surface area contributed by atoms with Crippen LogP contribution in [0.1, 0.15) is 12.5 Å². The number of rotatable bonds is 8. The molecule has 0 fully saturated rings. The highest BCUT2D eigenvalue weighted by atomic mass is 35.5. The van der Waals surface area contributed by atoms with Crippen LogP contribution in [0.3, 0.4) is 0 Å². The Kier molecular flexibility index (Phi) is 8.20. The molecule has 0 bridgehead atoms. The Morgan fingerprint density at radius 3 is 2.32 bits per heavy atom. The van der Waals surface area contributed by atoms with E-state index in [0.29, 0.717) is 15.6 Å². The molecule has 0 heterocycles. The number of carbonyl (C=O) groups excluding carboxylic acids is 2. The standard InChI is InChI=1S/C24H25Cl2N3O4S/c1-16(24(31)27-2)29(14-19-8-10-20(25)13-22(19)26)23(30)15-28(3)34(32,33)21-11-9-17-6-4-5-7-18(17)12-21/h4-13,16H,14-15H2,1-3H3,(H,27,31). The Morgan fingerprint density at radius 2 is 1.68 bits per heavy atom. The molecule has 3 rings (SSSR count). The fourth-order valence-electron chi connectivity index (χ4n) is 3.50. The molecule has 1 N–H and O–H groups in total. The zero-order valence-electron chi connectivity index (χ0n) is 19.0. The average molecular weight is 522 g/mol. The van der Waals surface area contributed by atoms with Gasteiger partial charge in [0.2, 0.25) is 21.8 Å². The number of benzene rings is 3. The van der Waals surface area contributed by atoms with Crippen molar-refractivity contribution in [3.8, 4) is 0 Å². The maximum Gasteiger partial charge on any atom is 0.243 e. The van der Waals surface area contributed by atoms with Crippen molar-refractivity contribution in [1.82, 2.24) is 14.5 Å². The van der Waals surface area contributed by atoms with Crippen LogP contribution in [0.25, 0.3) is 10.8 Å². The van der Waals surface area contributed by atoms with E-state index in [1.54, 1.807) is 37.3 Å². The van der Waals surface area contributed by atoms with Crippen LogP contribution in [0.15, 0.2) is 65.6 Å². The fourth-order valence-corrected chi connectivity index (χ4v) is 5.12. The lowest BCUT2D eigenvalue weighted by atomic mass is 10.1. The van der Waals surface area contributed by atoms with Crippen molar-refractivity contribution in [3.05, 3.63) is 76.3 Å². The van der Waals surface area contributed by atoms with E-state index in [0.717, 1.165) is 15.1 Å². The third-order valence-corrected chi connectivity index (χ3v) is 7.94. The Morgan fingerprint density at radius 1 is 1.00 bits per heavy atom. The molecule has 180 valence electrons. The lowest BCUT2D eigenvalue weighted by Gasteiger charge is -2.30. The molecular formula is C24H25Cl2N3O4S. The van der Waals surface area contributed by atoms with Gasteiger partial charge in [-0.25, -0.2) is 8.42 Å². The molecule has 0 aliphatic rings. The molecule has 1 unspecified atom stereocenters. The monoisotopic (exact) mass is 521 g/mol. The van der Waals surface area contributed by atoms with Crippen LogP contribution in [0.4, 0.5) is 0 Å². The van der Waals surface area contributed by atoms with Crippen LogP contribution in [0.2, 0.25) is 10.0 Å². The Bertz CT molecular complexity index is 1330. The maximum atomic E-state index is 13.3. The van der Waals surface area contributed by atoms with Crippen LogP contribution >= 0.6 is 23.2 Å². The van der Waals surface area contributed by atoms with Gasteiger partial charge in [-0.2, -0.15) is 4.31 Å². The number of hydrogen-bond acceptors (Lipinski definition) is 4. The summed E-state index contributed by atoms with van der Waals surface area (Å²) in [5, 5.41) is 4.98. The Balaban J connectivity index is 1.86. The van der Waals surface area contributed by atoms with Crippen molar-refractivity contribution in [2.75, 3.05) is 20.6 Å². The van der Waals surface area contributed by atoms with Gasteiger partial charge in [0.15, 0.2) is 0 Å². The molecule has 0 aromatic heterocycles. The van der Waals surface area contributed by atoms with Crippen LogP contribution in [-0.2, 0) is 26.2 Å². The van der Waals surface area contributed by atoms with Crippen LogP contribution in [-0.4, -0.2) is 56.1 Å². The minimum Gasteiger partial charge on any atom is -0.357 e. The number of nitrogens with one attached hydrogen (secondary N) is 1. The highest BCUT2D eigenvalue weighted by Gasteiger charge is 2.30. The highest BCUT2D eigenvalue weighted by molar-refractivity contribution is 7.89. The number of likely N-dealkylation sites (N-methyl/N-ethyl adjacent to an activating group) is 2. The van der Waals surface area contributed by atoms with Crippen LogP contribution in [0, 0.1) is 0 Å². The Hall–Kier alpha value is -2.65. The molecule has 34 heavy (non-hydrogen) atoms. The number of hydrogen-bond donors (Lipinski definition) is 1. The van der Waals surface area contributed by atoms with Gasteiger partial charge >= 0.3 is 0 Å². The van der Waals surface area contributed by atoms with Crippen molar-refractivity contribution in [3.63, 3.8) is 0 Å². The summed E-state index contributed by atoms with van der Waals surface area (Å²) in [4.78, 5) is 27.0. The number of nitrogens with zero attached hydrogens (tertiary/aromatic N) is 2. The molecule has 10 heteroatoms. The largest absolute Gasteiger partial charge is 0.357 e. The van der Waals surface area contributed by atoms with Gasteiger partial charge in [0.1, 0.15) is 6.04 Å². The molecule has 3 aromatic rings. The quantitative estimate of drug-likeness (QED) is 0.486. The van der Waals surface area contributed by atoms with Crippen molar-refractivity contribution >= 4 is 55.8 Å². The molecule has 1 atom stereocenters. The zero-order valence-corrected chi connectivity index (χ0v) is 21.3. The minimum atomic E-state index is -3.96. The minimum absolute atomic E-state index is 0.00723. The first-order chi connectivity index (χ1) is 16.0. The molecule has 2 amide bonds. The number of sulfonamides is 1. The second-order valence-corrected chi connectivity index (χ2v) is 10.7. The van der Waals surface area contributed by atoms with E-state index < -0.39 is 34.4 Å². The molecule has 0 spiro atoms. The first-order valence-electron chi connectivity index (χ1n) is 10.4. The molecule has 0 aliphatic carbocycles. The molecule has 0 saturated carbocycles. The van der Waals surface area contributed by atoms with Gasteiger partial charge in [0.05, 0.1) is 11.4 Å². The Labute approximate surface area is 209 Å². The third-order valence-electron chi connectivity index (χ3n) is 5.56. The van der Waals surface area contributed by atoms with E-state index in [1.807, 2.05) is 24.3 Å². The van der Waals surface area contributed by atoms with Gasteiger partial charge in [-0.05, 0) is 47.5 Å². The third kappa shape index (κ3) is 5.70. The van der Waals surface area contributed by atoms with E-state index in [9.17, 15) is 18.0 Å². The molecule has 3 aromatic carbocycles. The van der Waals surface area contributed by atoms with Gasteiger partial charge < -0.3 is 10.2 Å². The summed E-state index contributed by atoms with van der Waals surface area (Å²) < 4.78 is 27.3. The van der Waals surface area contributed by atoms with Crippen LogP contribution < -0.4 is 5.32 Å². The normalized spacial score (nSPS) is 12.5. The van der Waals surface area contributed by atoms with E-state index in [1.165, 1.54) is 25.1 Å². The first kappa shape index (κ1) is 26.0. The number of fused-ring (bicyclic) bond motifs is 1. The van der Waals surface area contributed by atoms with Crippen LogP contribution in [0.5, 0.6) is 0 Å². The summed E-state index contributed by atoms with van der Waals surface area (Å²) in [5.41, 5.74) is 0.579. The predicted octanol–water partition coefficient (Wildman–Crippen LogP) is 3.93. The topological polar surface area (TPSA) is 86.8 Å². The van der Waals surface area contributed by atoms with E-state index in [2.05, 4.69) is 5.32 Å². The van der Waals surface area contributed by atoms with E-state index >= 15 is 0 Å². The fraction of sp³-hybridized carbons (Fsp3) is 0.250. The molecule has 0 aliphatic heterocycles. The lowest BCUT2D eigenvalue weighted by molar-refractivity contribution is -0.140. The summed E-state index contributed by atoms with van der Waals surface area (Å²) in [6.45, 7) is 1.12. The van der Waals surface area contributed by atoms with Gasteiger partial charge in [-0.1, -0.05) is 59.6 Å². The highest BCUT2D eigenvalue weighted by Crippen LogP contribution is 2.24. The lowest BCUT2D eigenvalue weighted by Crippen LogP contribution is -2.50. The summed E-state index contributed by atoms with van der Waals surface area (Å²) >= 11 is 12.2. The van der Waals surface area contributed by atoms with Crippen molar-refractivity contribution < 1.29 is 18.0 Å². The van der Waals surface area contributed by atoms with E-state index in [4.69, 9.17) is 23.2 Å². The number of halogens is 2. The summed E-state index contributed by atoms with van der Waals surface area (Å²) in [6, 6.07) is 16.2. The van der Waals surface area contributed by atoms with Gasteiger partial charge in [0, 0.05) is 30.7 Å². The van der Waals surface area contributed by atoms with Gasteiger partial charge in [-0.15, -0.1) is 0 Å². The zero-order chi connectivity index (χ0) is 25.0. The molecular weight excluding hydrogens is 497 g/mol.